The molecular formula is C17H25N3. The maximum absolute atomic E-state index is 8.69. The summed E-state index contributed by atoms with van der Waals surface area (Å²) in [5, 5.41) is 12.4. The van der Waals surface area contributed by atoms with E-state index in [1.165, 1.54) is 12.1 Å². The highest BCUT2D eigenvalue weighted by atomic mass is 15.2. The Morgan fingerprint density at radius 1 is 1.35 bits per heavy atom. The second-order valence-electron chi connectivity index (χ2n) is 6.47. The van der Waals surface area contributed by atoms with Crippen LogP contribution in [0.1, 0.15) is 33.1 Å². The summed E-state index contributed by atoms with van der Waals surface area (Å²) in [5.41, 5.74) is 1.52. The first kappa shape index (κ1) is 14.9. The highest BCUT2D eigenvalue weighted by Gasteiger charge is 2.25. The smallest absolute Gasteiger partial charge is 0.0621 e. The van der Waals surface area contributed by atoms with Crippen LogP contribution < -0.4 is 10.2 Å². The van der Waals surface area contributed by atoms with Crippen molar-refractivity contribution in [2.24, 2.45) is 5.41 Å². The van der Waals surface area contributed by atoms with Crippen LogP contribution in [-0.2, 0) is 0 Å². The van der Waals surface area contributed by atoms with Crippen molar-refractivity contribution in [2.75, 3.05) is 24.5 Å². The van der Waals surface area contributed by atoms with Gasteiger partial charge in [-0.3, -0.25) is 0 Å². The molecule has 0 radical (unpaired) electrons. The van der Waals surface area contributed by atoms with E-state index in [1.807, 2.05) is 0 Å². The summed E-state index contributed by atoms with van der Waals surface area (Å²) in [5.74, 6) is 0. The number of hydrogen-bond donors (Lipinski definition) is 1. The molecule has 2 rings (SSSR count). The summed E-state index contributed by atoms with van der Waals surface area (Å²) in [7, 11) is 0. The molecule has 1 aromatic carbocycles. The molecule has 1 aliphatic heterocycles. The monoisotopic (exact) mass is 271 g/mol. The molecule has 1 saturated heterocycles. The Morgan fingerprint density at radius 2 is 2.10 bits per heavy atom. The van der Waals surface area contributed by atoms with Crippen LogP contribution in [0.3, 0.4) is 0 Å². The molecule has 3 nitrogen and oxygen atoms in total. The number of nitrogens with one attached hydrogen (secondary N) is 1. The van der Waals surface area contributed by atoms with Gasteiger partial charge in [0.05, 0.1) is 6.07 Å². The molecule has 0 bridgehead atoms. The van der Waals surface area contributed by atoms with Crippen molar-refractivity contribution in [2.45, 2.75) is 39.2 Å². The Morgan fingerprint density at radius 3 is 2.80 bits per heavy atom. The molecule has 1 fully saturated rings. The maximum Gasteiger partial charge on any atom is 0.0621 e. The lowest BCUT2D eigenvalue weighted by molar-refractivity contribution is 0.303. The highest BCUT2D eigenvalue weighted by Crippen LogP contribution is 2.23. The van der Waals surface area contributed by atoms with Gasteiger partial charge >= 0.3 is 0 Å². The van der Waals surface area contributed by atoms with E-state index in [2.05, 4.69) is 60.5 Å². The minimum atomic E-state index is 0.204. The maximum atomic E-state index is 8.69. The zero-order valence-electron chi connectivity index (χ0n) is 12.6. The number of hydrogen-bond acceptors (Lipinski definition) is 3. The van der Waals surface area contributed by atoms with Crippen LogP contribution in [0.4, 0.5) is 5.69 Å². The molecule has 108 valence electrons. The molecule has 3 heteroatoms. The molecule has 1 atom stereocenters. The third-order valence-electron chi connectivity index (χ3n) is 4.09. The lowest BCUT2D eigenvalue weighted by atomic mass is 9.88. The van der Waals surface area contributed by atoms with Gasteiger partial charge in [-0.1, -0.05) is 32.0 Å². The van der Waals surface area contributed by atoms with E-state index >= 15 is 0 Å². The van der Waals surface area contributed by atoms with Crippen molar-refractivity contribution in [1.29, 1.82) is 5.26 Å². The summed E-state index contributed by atoms with van der Waals surface area (Å²) >= 11 is 0. The van der Waals surface area contributed by atoms with E-state index in [1.54, 1.807) is 0 Å². The summed E-state index contributed by atoms with van der Waals surface area (Å²) in [4.78, 5) is 2.44. The van der Waals surface area contributed by atoms with E-state index in [4.69, 9.17) is 5.26 Å². The van der Waals surface area contributed by atoms with Crippen LogP contribution in [0.5, 0.6) is 0 Å². The quantitative estimate of drug-likeness (QED) is 0.863. The minimum Gasteiger partial charge on any atom is -0.370 e. The summed E-state index contributed by atoms with van der Waals surface area (Å²) in [6.45, 7) is 7.67. The zero-order valence-corrected chi connectivity index (χ0v) is 12.6. The minimum absolute atomic E-state index is 0.204. The summed E-state index contributed by atoms with van der Waals surface area (Å²) in [6.07, 6.45) is 2.81. The number of nitriles is 1. The molecule has 1 N–H and O–H groups in total. The number of anilines is 1. The van der Waals surface area contributed by atoms with Crippen LogP contribution in [0.25, 0.3) is 0 Å². The Balaban J connectivity index is 1.78. The molecule has 0 aromatic heterocycles. The largest absolute Gasteiger partial charge is 0.370 e. The van der Waals surface area contributed by atoms with Gasteiger partial charge in [-0.15, -0.1) is 0 Å². The van der Waals surface area contributed by atoms with Gasteiger partial charge in [0.2, 0.25) is 0 Å². The van der Waals surface area contributed by atoms with Gasteiger partial charge in [-0.25, -0.2) is 0 Å². The van der Waals surface area contributed by atoms with Crippen molar-refractivity contribution < 1.29 is 0 Å². The Kier molecular flexibility index (Phi) is 5.03. The number of rotatable bonds is 6. The Hall–Kier alpha value is -1.53. The molecule has 0 amide bonds. The molecule has 1 unspecified atom stereocenters. The van der Waals surface area contributed by atoms with E-state index in [9.17, 15) is 0 Å². The van der Waals surface area contributed by atoms with Crippen molar-refractivity contribution in [3.8, 4) is 6.07 Å². The second kappa shape index (κ2) is 6.76. The number of para-hydroxylation sites is 1. The van der Waals surface area contributed by atoms with Crippen LogP contribution in [0, 0.1) is 16.7 Å². The van der Waals surface area contributed by atoms with Gasteiger partial charge in [0.15, 0.2) is 0 Å². The standard InChI is InChI=1S/C17H25N3/c1-17(2,10-6-11-18)14-19-15-9-12-20(13-15)16-7-4-3-5-8-16/h3-5,7-8,15,19H,6,9-10,12-14H2,1-2H3. The van der Waals surface area contributed by atoms with E-state index in [0.29, 0.717) is 12.5 Å². The lowest BCUT2D eigenvalue weighted by Gasteiger charge is -2.26. The van der Waals surface area contributed by atoms with Gasteiger partial charge in [0.25, 0.3) is 0 Å². The average Bonchev–Trinajstić information content (AvgIpc) is 2.93. The van der Waals surface area contributed by atoms with Crippen molar-refractivity contribution >= 4 is 5.69 Å². The van der Waals surface area contributed by atoms with Crippen molar-refractivity contribution in [1.82, 2.24) is 5.32 Å². The first-order valence-corrected chi connectivity index (χ1v) is 7.51. The van der Waals surface area contributed by atoms with E-state index in [0.717, 1.165) is 26.1 Å². The van der Waals surface area contributed by atoms with E-state index < -0.39 is 0 Å². The van der Waals surface area contributed by atoms with Crippen molar-refractivity contribution in [3.63, 3.8) is 0 Å². The first-order chi connectivity index (χ1) is 9.61. The molecule has 0 saturated carbocycles. The van der Waals surface area contributed by atoms with Crippen molar-refractivity contribution in [3.05, 3.63) is 30.3 Å². The van der Waals surface area contributed by atoms with Gasteiger partial charge in [0, 0.05) is 37.8 Å². The fraction of sp³-hybridized carbons (Fsp3) is 0.588. The normalized spacial score (nSPS) is 19.1. The van der Waals surface area contributed by atoms with Gasteiger partial charge in [-0.05, 0) is 30.4 Å². The average molecular weight is 271 g/mol. The lowest BCUT2D eigenvalue weighted by Crippen LogP contribution is -2.38. The third-order valence-corrected chi connectivity index (χ3v) is 4.09. The topological polar surface area (TPSA) is 39.1 Å². The van der Waals surface area contributed by atoms with Crippen LogP contribution in [0.15, 0.2) is 30.3 Å². The van der Waals surface area contributed by atoms with Crippen LogP contribution >= 0.6 is 0 Å². The molecule has 20 heavy (non-hydrogen) atoms. The fourth-order valence-corrected chi connectivity index (χ4v) is 2.70. The summed E-state index contributed by atoms with van der Waals surface area (Å²) < 4.78 is 0. The van der Waals surface area contributed by atoms with Gasteiger partial charge in [-0.2, -0.15) is 5.26 Å². The number of benzene rings is 1. The SMILES string of the molecule is CC(C)(CCC#N)CNC1CCN(c2ccccc2)C1. The van der Waals surface area contributed by atoms with Crippen LogP contribution in [-0.4, -0.2) is 25.7 Å². The van der Waals surface area contributed by atoms with Crippen LogP contribution in [0.2, 0.25) is 0 Å². The fourth-order valence-electron chi connectivity index (χ4n) is 2.70. The number of nitrogens with zero attached hydrogens (tertiary/aromatic N) is 2. The molecular weight excluding hydrogens is 246 g/mol. The predicted molar refractivity (Wildman–Crippen MR) is 83.7 cm³/mol. The third kappa shape index (κ3) is 4.25. The molecule has 1 aromatic rings. The summed E-state index contributed by atoms with van der Waals surface area (Å²) in [6, 6.07) is 13.4. The molecule has 1 aliphatic rings. The Labute approximate surface area is 122 Å². The molecule has 0 spiro atoms. The second-order valence-corrected chi connectivity index (χ2v) is 6.47. The zero-order chi connectivity index (χ0) is 14.4. The first-order valence-electron chi connectivity index (χ1n) is 7.51. The predicted octanol–water partition coefficient (Wildman–Crippen LogP) is 3.18. The van der Waals surface area contributed by atoms with E-state index in [-0.39, 0.29) is 5.41 Å². The molecule has 0 aliphatic carbocycles. The highest BCUT2D eigenvalue weighted by molar-refractivity contribution is 5.47. The van der Waals surface area contributed by atoms with Gasteiger partial charge in [0.1, 0.15) is 0 Å². The molecule has 1 heterocycles. The van der Waals surface area contributed by atoms with Gasteiger partial charge < -0.3 is 10.2 Å². The Bertz CT molecular complexity index is 447.